The van der Waals surface area contributed by atoms with Crippen LogP contribution in [-0.2, 0) is 4.74 Å². The molecule has 0 saturated carbocycles. The number of hydrogen-bond donors (Lipinski definition) is 1. The number of amides is 1. The molecule has 0 aliphatic rings. The van der Waals surface area contributed by atoms with Crippen molar-refractivity contribution in [3.63, 3.8) is 0 Å². The van der Waals surface area contributed by atoms with Gasteiger partial charge >= 0.3 is 6.09 Å². The summed E-state index contributed by atoms with van der Waals surface area (Å²) in [6.45, 7) is 9.04. The van der Waals surface area contributed by atoms with E-state index in [0.29, 0.717) is 12.0 Å². The molecule has 1 rings (SSSR count). The van der Waals surface area contributed by atoms with Crippen LogP contribution in [0.5, 0.6) is 0 Å². The van der Waals surface area contributed by atoms with Crippen LogP contribution in [0, 0.1) is 17.0 Å². The number of carbonyl (C=O) groups is 1. The first-order valence-electron chi connectivity index (χ1n) is 6.26. The van der Waals surface area contributed by atoms with E-state index in [9.17, 15) is 14.9 Å². The van der Waals surface area contributed by atoms with Crippen molar-refractivity contribution in [3.8, 4) is 0 Å². The highest BCUT2D eigenvalue weighted by Gasteiger charge is 2.20. The van der Waals surface area contributed by atoms with E-state index in [2.05, 4.69) is 12.2 Å². The van der Waals surface area contributed by atoms with Crippen LogP contribution < -0.4 is 5.32 Å². The zero-order valence-corrected chi connectivity index (χ0v) is 11.9. The number of nitro groups is 1. The fourth-order valence-corrected chi connectivity index (χ4v) is 1.63. The minimum Gasteiger partial charge on any atom is -0.444 e. The molecule has 6 heteroatoms. The zero-order valence-electron chi connectivity index (χ0n) is 11.9. The van der Waals surface area contributed by atoms with Crippen molar-refractivity contribution in [1.29, 1.82) is 0 Å². The van der Waals surface area contributed by atoms with Gasteiger partial charge in [-0.3, -0.25) is 10.1 Å². The number of hydrogen-bond acceptors (Lipinski definition) is 4. The molecule has 1 amide bonds. The van der Waals surface area contributed by atoms with Gasteiger partial charge in [-0.25, -0.2) is 4.79 Å². The summed E-state index contributed by atoms with van der Waals surface area (Å²) >= 11 is 0. The Hall–Kier alpha value is -2.11. The van der Waals surface area contributed by atoms with Gasteiger partial charge in [0.05, 0.1) is 11.0 Å². The summed E-state index contributed by atoms with van der Waals surface area (Å²) in [6, 6.07) is 5.68. The highest BCUT2D eigenvalue weighted by molar-refractivity contribution is 5.68. The Kier molecular flexibility index (Phi) is 5.07. The van der Waals surface area contributed by atoms with E-state index < -0.39 is 22.7 Å². The molecule has 0 saturated heterocycles. The Morgan fingerprint density at radius 3 is 2.65 bits per heavy atom. The number of nitro benzene ring substituents is 1. The Bertz CT molecular complexity index is 494. The maximum Gasteiger partial charge on any atom is 0.408 e. The van der Waals surface area contributed by atoms with E-state index in [0.717, 1.165) is 0 Å². The smallest absolute Gasteiger partial charge is 0.408 e. The Morgan fingerprint density at radius 1 is 1.50 bits per heavy atom. The van der Waals surface area contributed by atoms with Crippen molar-refractivity contribution in [2.45, 2.75) is 38.8 Å². The lowest BCUT2D eigenvalue weighted by atomic mass is 10.0. The molecular formula is C14H19N2O4. The second-order valence-corrected chi connectivity index (χ2v) is 5.34. The summed E-state index contributed by atoms with van der Waals surface area (Å²) in [5, 5.41) is 13.4. The van der Waals surface area contributed by atoms with Crippen molar-refractivity contribution in [2.75, 3.05) is 0 Å². The normalized spacial score (nSPS) is 12.6. The molecule has 0 heterocycles. The lowest BCUT2D eigenvalue weighted by Gasteiger charge is -2.23. The second kappa shape index (κ2) is 6.36. The third-order valence-corrected chi connectivity index (χ3v) is 2.46. The number of nitrogens with zero attached hydrogens (tertiary/aromatic N) is 1. The van der Waals surface area contributed by atoms with Crippen LogP contribution in [0.4, 0.5) is 10.5 Å². The van der Waals surface area contributed by atoms with Gasteiger partial charge < -0.3 is 10.1 Å². The summed E-state index contributed by atoms with van der Waals surface area (Å²) in [5.74, 6) is 0. The largest absolute Gasteiger partial charge is 0.444 e. The number of rotatable bonds is 4. The molecule has 1 aromatic rings. The third kappa shape index (κ3) is 4.87. The molecule has 1 radical (unpaired) electrons. The van der Waals surface area contributed by atoms with E-state index >= 15 is 0 Å². The molecule has 1 unspecified atom stereocenters. The van der Waals surface area contributed by atoms with Gasteiger partial charge in [-0.15, -0.1) is 0 Å². The van der Waals surface area contributed by atoms with Crippen molar-refractivity contribution in [3.05, 3.63) is 46.9 Å². The van der Waals surface area contributed by atoms with Crippen LogP contribution >= 0.6 is 0 Å². The SMILES string of the molecule is [CH2]CC(NC(=O)OC(C)(C)C)c1cccc([N+](=O)[O-])c1. The van der Waals surface area contributed by atoms with Gasteiger partial charge in [-0.1, -0.05) is 19.1 Å². The summed E-state index contributed by atoms with van der Waals surface area (Å²) in [4.78, 5) is 22.0. The van der Waals surface area contributed by atoms with Crippen molar-refractivity contribution in [1.82, 2.24) is 5.32 Å². The summed E-state index contributed by atoms with van der Waals surface area (Å²) in [6.07, 6.45) is -0.210. The van der Waals surface area contributed by atoms with Gasteiger partial charge in [0.15, 0.2) is 0 Å². The number of carbonyl (C=O) groups excluding carboxylic acids is 1. The standard InChI is InChI=1S/C14H19N2O4/c1-5-12(15-13(17)20-14(2,3)4)10-7-6-8-11(9-10)16(18)19/h6-9,12H,1,5H2,2-4H3,(H,15,17). The van der Waals surface area contributed by atoms with E-state index in [4.69, 9.17) is 4.74 Å². The molecule has 0 spiro atoms. The average molecular weight is 279 g/mol. The number of ether oxygens (including phenoxy) is 1. The van der Waals surface area contributed by atoms with E-state index in [1.54, 1.807) is 32.9 Å². The lowest BCUT2D eigenvalue weighted by Crippen LogP contribution is -2.34. The first-order chi connectivity index (χ1) is 9.23. The van der Waals surface area contributed by atoms with Crippen LogP contribution in [0.2, 0.25) is 0 Å². The fourth-order valence-electron chi connectivity index (χ4n) is 1.63. The van der Waals surface area contributed by atoms with Crippen molar-refractivity contribution >= 4 is 11.8 Å². The molecule has 1 N–H and O–H groups in total. The van der Waals surface area contributed by atoms with E-state index in [1.807, 2.05) is 0 Å². The van der Waals surface area contributed by atoms with Crippen LogP contribution in [0.15, 0.2) is 24.3 Å². The molecule has 1 aromatic carbocycles. The Balaban J connectivity index is 2.83. The van der Waals surface area contributed by atoms with Crippen molar-refractivity contribution in [2.24, 2.45) is 0 Å². The van der Waals surface area contributed by atoms with E-state index in [1.165, 1.54) is 12.1 Å². The maximum absolute atomic E-state index is 11.7. The number of benzene rings is 1. The van der Waals surface area contributed by atoms with Crippen LogP contribution in [0.25, 0.3) is 0 Å². The fraction of sp³-hybridized carbons (Fsp3) is 0.429. The minimum atomic E-state index is -0.599. The zero-order chi connectivity index (χ0) is 15.3. The Morgan fingerprint density at radius 2 is 2.15 bits per heavy atom. The van der Waals surface area contributed by atoms with Gasteiger partial charge in [-0.05, 0) is 32.8 Å². The highest BCUT2D eigenvalue weighted by Crippen LogP contribution is 2.22. The first kappa shape index (κ1) is 15.9. The average Bonchev–Trinajstić information content (AvgIpc) is 2.34. The van der Waals surface area contributed by atoms with Crippen LogP contribution in [-0.4, -0.2) is 16.6 Å². The molecule has 1 atom stereocenters. The van der Waals surface area contributed by atoms with Gasteiger partial charge in [0, 0.05) is 12.1 Å². The summed E-state index contributed by atoms with van der Waals surface area (Å²) < 4.78 is 5.16. The topological polar surface area (TPSA) is 81.5 Å². The second-order valence-electron chi connectivity index (χ2n) is 5.34. The first-order valence-corrected chi connectivity index (χ1v) is 6.26. The van der Waals surface area contributed by atoms with Gasteiger partial charge in [0.2, 0.25) is 0 Å². The molecular weight excluding hydrogens is 260 g/mol. The van der Waals surface area contributed by atoms with Crippen molar-refractivity contribution < 1.29 is 14.5 Å². The molecule has 6 nitrogen and oxygen atoms in total. The number of nitrogens with one attached hydrogen (secondary N) is 1. The number of alkyl carbamates (subject to hydrolysis) is 1. The molecule has 20 heavy (non-hydrogen) atoms. The third-order valence-electron chi connectivity index (χ3n) is 2.46. The van der Waals surface area contributed by atoms with Gasteiger partial charge in [0.25, 0.3) is 5.69 Å². The highest BCUT2D eigenvalue weighted by atomic mass is 16.6. The monoisotopic (exact) mass is 279 g/mol. The number of non-ortho nitro benzene ring substituents is 1. The summed E-state index contributed by atoms with van der Waals surface area (Å²) in [5.41, 5.74) is 0.00498. The molecule has 109 valence electrons. The molecule has 0 aliphatic heterocycles. The molecule has 0 fully saturated rings. The predicted molar refractivity (Wildman–Crippen MR) is 75.2 cm³/mol. The maximum atomic E-state index is 11.7. The quantitative estimate of drug-likeness (QED) is 0.676. The predicted octanol–water partition coefficient (Wildman–Crippen LogP) is 3.38. The molecule has 0 aliphatic carbocycles. The van der Waals surface area contributed by atoms with Gasteiger partial charge in [-0.2, -0.15) is 0 Å². The van der Waals surface area contributed by atoms with Gasteiger partial charge in [0.1, 0.15) is 5.60 Å². The van der Waals surface area contributed by atoms with Crippen LogP contribution in [0.3, 0.4) is 0 Å². The van der Waals surface area contributed by atoms with Crippen LogP contribution in [0.1, 0.15) is 38.8 Å². The minimum absolute atomic E-state index is 0.0214. The summed E-state index contributed by atoms with van der Waals surface area (Å²) in [7, 11) is 0. The Labute approximate surface area is 118 Å². The molecule has 0 bridgehead atoms. The molecule has 0 aromatic heterocycles. The lowest BCUT2D eigenvalue weighted by molar-refractivity contribution is -0.384. The van der Waals surface area contributed by atoms with E-state index in [-0.39, 0.29) is 5.69 Å².